The number of carboxylic acids is 1. The van der Waals surface area contributed by atoms with Crippen molar-refractivity contribution < 1.29 is 14.7 Å². The number of ketones is 1. The van der Waals surface area contributed by atoms with Crippen LogP contribution in [0.15, 0.2) is 24.3 Å². The van der Waals surface area contributed by atoms with Crippen LogP contribution in [-0.4, -0.2) is 16.9 Å². The number of rotatable bonds is 5. The first-order valence-corrected chi connectivity index (χ1v) is 4.87. The molecular weight excluding hydrogens is 192 g/mol. The van der Waals surface area contributed by atoms with Gasteiger partial charge in [0.1, 0.15) is 5.78 Å². The maximum Gasteiger partial charge on any atom is 0.303 e. The van der Waals surface area contributed by atoms with Gasteiger partial charge in [-0.1, -0.05) is 24.3 Å². The standard InChI is InChI=1S/C12H14O3/c1-9(13)8-11-5-3-2-4-10(11)6-7-12(14)15/h2-5H,6-8H2,1H3,(H,14,15). The molecule has 3 nitrogen and oxygen atoms in total. The molecule has 3 heteroatoms. The topological polar surface area (TPSA) is 54.4 Å². The number of carbonyl (C=O) groups excluding carboxylic acids is 1. The van der Waals surface area contributed by atoms with Gasteiger partial charge in [-0.15, -0.1) is 0 Å². The first kappa shape index (κ1) is 11.4. The largest absolute Gasteiger partial charge is 0.481 e. The Bertz CT molecular complexity index is 369. The molecule has 0 fully saturated rings. The molecule has 0 saturated heterocycles. The number of benzene rings is 1. The highest BCUT2D eigenvalue weighted by Crippen LogP contribution is 2.12. The van der Waals surface area contributed by atoms with Crippen molar-refractivity contribution in [3.05, 3.63) is 35.4 Å². The van der Waals surface area contributed by atoms with Crippen LogP contribution in [0.2, 0.25) is 0 Å². The van der Waals surface area contributed by atoms with Gasteiger partial charge in [0.2, 0.25) is 0 Å². The predicted molar refractivity (Wildman–Crippen MR) is 56.8 cm³/mol. The Kier molecular flexibility index (Phi) is 4.03. The summed E-state index contributed by atoms with van der Waals surface area (Å²) in [6, 6.07) is 7.48. The fraction of sp³-hybridized carbons (Fsp3) is 0.333. The van der Waals surface area contributed by atoms with Crippen molar-refractivity contribution in [1.82, 2.24) is 0 Å². The monoisotopic (exact) mass is 206 g/mol. The summed E-state index contributed by atoms with van der Waals surface area (Å²) in [5.41, 5.74) is 1.89. The van der Waals surface area contributed by atoms with Gasteiger partial charge < -0.3 is 5.11 Å². The van der Waals surface area contributed by atoms with Gasteiger partial charge in [0.15, 0.2) is 0 Å². The van der Waals surface area contributed by atoms with Crippen molar-refractivity contribution >= 4 is 11.8 Å². The molecule has 0 atom stereocenters. The quantitative estimate of drug-likeness (QED) is 0.799. The van der Waals surface area contributed by atoms with E-state index in [2.05, 4.69) is 0 Å². The summed E-state index contributed by atoms with van der Waals surface area (Å²) in [7, 11) is 0. The maximum absolute atomic E-state index is 11.0. The van der Waals surface area contributed by atoms with Gasteiger partial charge in [-0.05, 0) is 24.5 Å². The van der Waals surface area contributed by atoms with Gasteiger partial charge in [0.25, 0.3) is 0 Å². The zero-order chi connectivity index (χ0) is 11.3. The molecule has 0 unspecified atom stereocenters. The highest BCUT2D eigenvalue weighted by atomic mass is 16.4. The minimum Gasteiger partial charge on any atom is -0.481 e. The van der Waals surface area contributed by atoms with Gasteiger partial charge in [-0.3, -0.25) is 9.59 Å². The number of hydrogen-bond acceptors (Lipinski definition) is 2. The molecular formula is C12H14O3. The Morgan fingerprint density at radius 1 is 1.20 bits per heavy atom. The van der Waals surface area contributed by atoms with Crippen LogP contribution in [0.5, 0.6) is 0 Å². The summed E-state index contributed by atoms with van der Waals surface area (Å²) in [5, 5.41) is 8.58. The second kappa shape index (κ2) is 5.29. The van der Waals surface area contributed by atoms with Crippen molar-refractivity contribution in [3.63, 3.8) is 0 Å². The lowest BCUT2D eigenvalue weighted by Crippen LogP contribution is -2.03. The third-order valence-electron chi connectivity index (χ3n) is 2.17. The van der Waals surface area contributed by atoms with E-state index in [1.165, 1.54) is 6.92 Å². The highest BCUT2D eigenvalue weighted by Gasteiger charge is 2.05. The van der Waals surface area contributed by atoms with E-state index >= 15 is 0 Å². The lowest BCUT2D eigenvalue weighted by Gasteiger charge is -2.06. The number of carboxylic acid groups (broad SMARTS) is 1. The summed E-state index contributed by atoms with van der Waals surface area (Å²) in [6.45, 7) is 1.54. The zero-order valence-corrected chi connectivity index (χ0v) is 8.69. The van der Waals surface area contributed by atoms with Gasteiger partial charge in [0.05, 0.1) is 0 Å². The van der Waals surface area contributed by atoms with Gasteiger partial charge >= 0.3 is 5.97 Å². The van der Waals surface area contributed by atoms with Crippen LogP contribution < -0.4 is 0 Å². The second-order valence-electron chi connectivity index (χ2n) is 3.54. The van der Waals surface area contributed by atoms with E-state index in [9.17, 15) is 9.59 Å². The lowest BCUT2D eigenvalue weighted by molar-refractivity contribution is -0.136. The fourth-order valence-electron chi connectivity index (χ4n) is 1.48. The zero-order valence-electron chi connectivity index (χ0n) is 8.69. The van der Waals surface area contributed by atoms with Gasteiger partial charge in [-0.25, -0.2) is 0 Å². The van der Waals surface area contributed by atoms with E-state index in [1.807, 2.05) is 24.3 Å². The molecule has 0 aliphatic carbocycles. The Morgan fingerprint density at radius 2 is 1.80 bits per heavy atom. The number of aliphatic carboxylic acids is 1. The van der Waals surface area contributed by atoms with Gasteiger partial charge in [0, 0.05) is 12.8 Å². The highest BCUT2D eigenvalue weighted by molar-refractivity contribution is 5.78. The lowest BCUT2D eigenvalue weighted by atomic mass is 9.99. The molecule has 1 aromatic rings. The van der Waals surface area contributed by atoms with E-state index < -0.39 is 5.97 Å². The smallest absolute Gasteiger partial charge is 0.303 e. The average molecular weight is 206 g/mol. The van der Waals surface area contributed by atoms with Crippen LogP contribution in [0.3, 0.4) is 0 Å². The number of hydrogen-bond donors (Lipinski definition) is 1. The summed E-state index contributed by atoms with van der Waals surface area (Å²) >= 11 is 0. The molecule has 0 bridgehead atoms. The summed E-state index contributed by atoms with van der Waals surface area (Å²) in [5.74, 6) is -0.717. The first-order valence-electron chi connectivity index (χ1n) is 4.87. The van der Waals surface area contributed by atoms with Crippen molar-refractivity contribution in [2.24, 2.45) is 0 Å². The third kappa shape index (κ3) is 3.94. The summed E-state index contributed by atoms with van der Waals surface area (Å²) in [6.07, 6.45) is 0.976. The molecule has 1 rings (SSSR count). The summed E-state index contributed by atoms with van der Waals surface area (Å²) in [4.78, 5) is 21.4. The van der Waals surface area contributed by atoms with Crippen molar-refractivity contribution in [2.45, 2.75) is 26.2 Å². The molecule has 0 spiro atoms. The molecule has 0 saturated carbocycles. The molecule has 15 heavy (non-hydrogen) atoms. The SMILES string of the molecule is CC(=O)Cc1ccccc1CCC(=O)O. The fourth-order valence-corrected chi connectivity index (χ4v) is 1.48. The van der Waals surface area contributed by atoms with Crippen LogP contribution in [0.1, 0.15) is 24.5 Å². The first-order chi connectivity index (χ1) is 7.09. The Morgan fingerprint density at radius 3 is 2.33 bits per heavy atom. The molecule has 1 N–H and O–H groups in total. The molecule has 0 aliphatic rings. The summed E-state index contributed by atoms with van der Waals surface area (Å²) < 4.78 is 0. The van der Waals surface area contributed by atoms with E-state index in [0.29, 0.717) is 12.8 Å². The van der Waals surface area contributed by atoms with Crippen LogP contribution in [0.25, 0.3) is 0 Å². The molecule has 0 heterocycles. The average Bonchev–Trinajstić information content (AvgIpc) is 2.15. The van der Waals surface area contributed by atoms with Crippen LogP contribution in [0.4, 0.5) is 0 Å². The third-order valence-corrected chi connectivity index (χ3v) is 2.17. The predicted octanol–water partition coefficient (Wildman–Crippen LogP) is 1.84. The minimum atomic E-state index is -0.812. The Balaban J connectivity index is 2.76. The van der Waals surface area contributed by atoms with Crippen LogP contribution >= 0.6 is 0 Å². The molecule has 0 amide bonds. The Labute approximate surface area is 88.7 Å². The second-order valence-corrected chi connectivity index (χ2v) is 3.54. The van der Waals surface area contributed by atoms with Gasteiger partial charge in [-0.2, -0.15) is 0 Å². The van der Waals surface area contributed by atoms with E-state index in [1.54, 1.807) is 0 Å². The van der Waals surface area contributed by atoms with E-state index in [0.717, 1.165) is 11.1 Å². The van der Waals surface area contributed by atoms with Crippen molar-refractivity contribution in [3.8, 4) is 0 Å². The Hall–Kier alpha value is -1.64. The minimum absolute atomic E-state index is 0.0952. The van der Waals surface area contributed by atoms with Crippen LogP contribution in [0, 0.1) is 0 Å². The molecule has 1 aromatic carbocycles. The molecule has 0 aromatic heterocycles. The molecule has 0 radical (unpaired) electrons. The molecule has 80 valence electrons. The van der Waals surface area contributed by atoms with Crippen molar-refractivity contribution in [1.29, 1.82) is 0 Å². The number of Topliss-reactive ketones (excluding diaryl/α,β-unsaturated/α-hetero) is 1. The molecule has 0 aliphatic heterocycles. The number of carbonyl (C=O) groups is 2. The normalized spacial score (nSPS) is 9.93. The maximum atomic E-state index is 11.0. The van der Waals surface area contributed by atoms with Crippen molar-refractivity contribution in [2.75, 3.05) is 0 Å². The number of aryl methyl sites for hydroxylation is 1. The van der Waals surface area contributed by atoms with Crippen LogP contribution in [-0.2, 0) is 22.4 Å². The van der Waals surface area contributed by atoms with E-state index in [4.69, 9.17) is 5.11 Å². The van der Waals surface area contributed by atoms with E-state index in [-0.39, 0.29) is 12.2 Å².